The smallest absolute Gasteiger partial charge is 0.242 e. The SMILES string of the molecule is CC1(CC(=O)N/N=C\c2ccc[nH]2)SCCS1. The summed E-state index contributed by atoms with van der Waals surface area (Å²) in [6.07, 6.45) is 3.93. The zero-order valence-electron chi connectivity index (χ0n) is 9.60. The summed E-state index contributed by atoms with van der Waals surface area (Å²) in [5.74, 6) is 2.22. The number of rotatable bonds is 4. The summed E-state index contributed by atoms with van der Waals surface area (Å²) in [6, 6.07) is 3.77. The second-order valence-corrected chi connectivity index (χ2v) is 7.38. The molecule has 1 aromatic heterocycles. The number of hydrogen-bond acceptors (Lipinski definition) is 4. The number of nitrogens with zero attached hydrogens (tertiary/aromatic N) is 1. The molecule has 0 aliphatic carbocycles. The van der Waals surface area contributed by atoms with E-state index < -0.39 is 0 Å². The van der Waals surface area contributed by atoms with Crippen molar-refractivity contribution in [2.45, 2.75) is 17.4 Å². The standard InChI is InChI=1S/C11H15N3OS2/c1-11(16-5-6-17-11)7-10(15)14-13-8-9-3-2-4-12-9/h2-4,8,12H,5-7H2,1H3,(H,14,15)/b13-8-. The molecule has 0 bridgehead atoms. The highest BCUT2D eigenvalue weighted by molar-refractivity contribution is 8.21. The quantitative estimate of drug-likeness (QED) is 0.650. The van der Waals surface area contributed by atoms with E-state index in [1.54, 1.807) is 6.21 Å². The minimum absolute atomic E-state index is 0.0199. The van der Waals surface area contributed by atoms with E-state index in [4.69, 9.17) is 0 Å². The normalized spacial score (nSPS) is 18.6. The molecule has 1 aliphatic heterocycles. The molecule has 17 heavy (non-hydrogen) atoms. The fraction of sp³-hybridized carbons (Fsp3) is 0.455. The summed E-state index contributed by atoms with van der Waals surface area (Å²) in [6.45, 7) is 2.11. The van der Waals surface area contributed by atoms with Crippen LogP contribution >= 0.6 is 23.5 Å². The Morgan fingerprint density at radius 2 is 2.41 bits per heavy atom. The van der Waals surface area contributed by atoms with E-state index >= 15 is 0 Å². The van der Waals surface area contributed by atoms with Crippen LogP contribution in [0.5, 0.6) is 0 Å². The monoisotopic (exact) mass is 269 g/mol. The lowest BCUT2D eigenvalue weighted by Gasteiger charge is -2.19. The molecule has 2 N–H and O–H groups in total. The molecular weight excluding hydrogens is 254 g/mol. The molecule has 1 aromatic rings. The van der Waals surface area contributed by atoms with Crippen LogP contribution in [-0.2, 0) is 4.79 Å². The lowest BCUT2D eigenvalue weighted by atomic mass is 10.3. The van der Waals surface area contributed by atoms with Crippen molar-refractivity contribution >= 4 is 35.6 Å². The summed E-state index contributed by atoms with van der Waals surface area (Å²) in [4.78, 5) is 14.7. The predicted molar refractivity (Wildman–Crippen MR) is 74.5 cm³/mol. The number of carbonyl (C=O) groups excluding carboxylic acids is 1. The molecule has 2 heterocycles. The van der Waals surface area contributed by atoms with Crippen molar-refractivity contribution in [1.29, 1.82) is 0 Å². The Morgan fingerprint density at radius 3 is 3.06 bits per heavy atom. The van der Waals surface area contributed by atoms with Crippen LogP contribution in [0.1, 0.15) is 19.0 Å². The van der Waals surface area contributed by atoms with E-state index in [0.29, 0.717) is 6.42 Å². The van der Waals surface area contributed by atoms with Crippen LogP contribution in [0.2, 0.25) is 0 Å². The maximum atomic E-state index is 11.7. The van der Waals surface area contributed by atoms with Crippen molar-refractivity contribution in [2.75, 3.05) is 11.5 Å². The highest BCUT2D eigenvalue weighted by atomic mass is 32.2. The number of thioether (sulfide) groups is 2. The Kier molecular flexibility index (Phi) is 4.17. The average Bonchev–Trinajstić information content (AvgIpc) is 2.90. The first-order chi connectivity index (χ1) is 8.18. The molecule has 1 fully saturated rings. The van der Waals surface area contributed by atoms with Gasteiger partial charge in [0.2, 0.25) is 5.91 Å². The Labute approximate surface area is 109 Å². The van der Waals surface area contributed by atoms with Crippen molar-refractivity contribution in [2.24, 2.45) is 5.10 Å². The Hall–Kier alpha value is -0.880. The zero-order valence-corrected chi connectivity index (χ0v) is 11.2. The van der Waals surface area contributed by atoms with Crippen LogP contribution in [0.25, 0.3) is 0 Å². The number of carbonyl (C=O) groups is 1. The molecule has 0 atom stereocenters. The summed E-state index contributed by atoms with van der Waals surface area (Å²) in [5, 5.41) is 3.91. The van der Waals surface area contributed by atoms with Gasteiger partial charge in [0.15, 0.2) is 0 Å². The molecule has 1 amide bonds. The van der Waals surface area contributed by atoms with Crippen molar-refractivity contribution in [3.63, 3.8) is 0 Å². The van der Waals surface area contributed by atoms with Gasteiger partial charge >= 0.3 is 0 Å². The van der Waals surface area contributed by atoms with E-state index in [-0.39, 0.29) is 9.99 Å². The molecule has 1 aliphatic rings. The van der Waals surface area contributed by atoms with Gasteiger partial charge in [-0.15, -0.1) is 23.5 Å². The van der Waals surface area contributed by atoms with E-state index in [9.17, 15) is 4.79 Å². The van der Waals surface area contributed by atoms with Gasteiger partial charge < -0.3 is 4.98 Å². The minimum Gasteiger partial charge on any atom is -0.360 e. The zero-order chi connectivity index (χ0) is 12.1. The molecule has 0 saturated carbocycles. The first-order valence-corrected chi connectivity index (χ1v) is 7.38. The first-order valence-electron chi connectivity index (χ1n) is 5.41. The third kappa shape index (κ3) is 3.81. The van der Waals surface area contributed by atoms with Gasteiger partial charge in [-0.3, -0.25) is 4.79 Å². The van der Waals surface area contributed by atoms with Gasteiger partial charge in [-0.2, -0.15) is 5.10 Å². The Balaban J connectivity index is 1.78. The highest BCUT2D eigenvalue weighted by Crippen LogP contribution is 2.45. The maximum absolute atomic E-state index is 11.7. The highest BCUT2D eigenvalue weighted by Gasteiger charge is 2.32. The topological polar surface area (TPSA) is 57.2 Å². The molecule has 0 spiro atoms. The number of aromatic nitrogens is 1. The van der Waals surface area contributed by atoms with E-state index in [1.807, 2.05) is 41.9 Å². The van der Waals surface area contributed by atoms with Crippen LogP contribution in [0.3, 0.4) is 0 Å². The van der Waals surface area contributed by atoms with Gasteiger partial charge in [-0.05, 0) is 19.1 Å². The molecule has 6 heteroatoms. The summed E-state index contributed by atoms with van der Waals surface area (Å²) in [5.41, 5.74) is 3.43. The molecule has 4 nitrogen and oxygen atoms in total. The number of hydrogen-bond donors (Lipinski definition) is 2. The van der Waals surface area contributed by atoms with Crippen LogP contribution in [-0.4, -0.2) is 32.7 Å². The van der Waals surface area contributed by atoms with Crippen LogP contribution < -0.4 is 5.43 Å². The molecule has 2 rings (SSSR count). The molecule has 0 unspecified atom stereocenters. The van der Waals surface area contributed by atoms with Crippen LogP contribution in [0.4, 0.5) is 0 Å². The second kappa shape index (κ2) is 5.64. The average molecular weight is 269 g/mol. The van der Waals surface area contributed by atoms with Gasteiger partial charge in [0, 0.05) is 17.7 Å². The Bertz CT molecular complexity index is 397. The van der Waals surface area contributed by atoms with Gasteiger partial charge in [0.05, 0.1) is 22.4 Å². The Morgan fingerprint density at radius 1 is 1.65 bits per heavy atom. The maximum Gasteiger partial charge on any atom is 0.242 e. The number of amides is 1. The summed E-state index contributed by atoms with van der Waals surface area (Å²) >= 11 is 3.70. The van der Waals surface area contributed by atoms with Crippen molar-refractivity contribution in [3.05, 3.63) is 24.0 Å². The molecule has 92 valence electrons. The largest absolute Gasteiger partial charge is 0.360 e. The fourth-order valence-electron chi connectivity index (χ4n) is 1.59. The lowest BCUT2D eigenvalue weighted by molar-refractivity contribution is -0.121. The van der Waals surface area contributed by atoms with Gasteiger partial charge in [0.1, 0.15) is 0 Å². The van der Waals surface area contributed by atoms with Crippen molar-refractivity contribution < 1.29 is 4.79 Å². The van der Waals surface area contributed by atoms with E-state index in [2.05, 4.69) is 22.4 Å². The van der Waals surface area contributed by atoms with E-state index in [1.165, 1.54) is 0 Å². The molecule has 0 aromatic carbocycles. The number of H-pyrrole nitrogens is 1. The number of aromatic amines is 1. The second-order valence-electron chi connectivity index (χ2n) is 3.93. The van der Waals surface area contributed by atoms with Gasteiger partial charge in [-0.1, -0.05) is 0 Å². The molecule has 1 saturated heterocycles. The fourth-order valence-corrected chi connectivity index (χ4v) is 4.42. The van der Waals surface area contributed by atoms with Gasteiger partial charge in [-0.25, -0.2) is 5.43 Å². The predicted octanol–water partition coefficient (Wildman–Crippen LogP) is 2.05. The summed E-state index contributed by atoms with van der Waals surface area (Å²) in [7, 11) is 0. The van der Waals surface area contributed by atoms with Crippen molar-refractivity contribution in [1.82, 2.24) is 10.4 Å². The number of nitrogens with one attached hydrogen (secondary N) is 2. The summed E-state index contributed by atoms with van der Waals surface area (Å²) < 4.78 is 0.0199. The minimum atomic E-state index is -0.0304. The molecular formula is C11H15N3OS2. The third-order valence-corrected chi connectivity index (χ3v) is 5.69. The number of hydrazone groups is 1. The van der Waals surface area contributed by atoms with Gasteiger partial charge in [0.25, 0.3) is 0 Å². The van der Waals surface area contributed by atoms with Crippen LogP contribution in [0, 0.1) is 0 Å². The lowest BCUT2D eigenvalue weighted by Crippen LogP contribution is -2.26. The van der Waals surface area contributed by atoms with Crippen LogP contribution in [0.15, 0.2) is 23.4 Å². The van der Waals surface area contributed by atoms with E-state index in [0.717, 1.165) is 17.2 Å². The molecule has 0 radical (unpaired) electrons. The van der Waals surface area contributed by atoms with Crippen molar-refractivity contribution in [3.8, 4) is 0 Å². The first kappa shape index (κ1) is 12.6. The third-order valence-electron chi connectivity index (χ3n) is 2.39.